The number of nitrogens with two attached hydrogens (primary N) is 1. The van der Waals surface area contributed by atoms with Crippen molar-refractivity contribution < 1.29 is 107 Å². The molecule has 5 heterocycles. The number of phenolic OH excluding ortho intramolecular Hbond substituents is 1. The second-order valence-electron chi connectivity index (χ2n) is 32.2. The number of H-pyrrole nitrogens is 1. The summed E-state index contributed by atoms with van der Waals surface area (Å²) in [7, 11) is 10.5. The van der Waals surface area contributed by atoms with Crippen molar-refractivity contribution in [1.29, 1.82) is 0 Å². The van der Waals surface area contributed by atoms with Crippen molar-refractivity contribution in [3.63, 3.8) is 0 Å². The third kappa shape index (κ3) is 28.2. The number of benzene rings is 4. The van der Waals surface area contributed by atoms with Gasteiger partial charge < -0.3 is 112 Å². The Balaban J connectivity index is 0.902. The highest BCUT2D eigenvalue weighted by molar-refractivity contribution is 8.77. The summed E-state index contributed by atoms with van der Waals surface area (Å²) in [5.41, 5.74) is 6.90. The molecule has 4 aliphatic rings. The van der Waals surface area contributed by atoms with E-state index in [9.17, 15) is 63.9 Å². The molecule has 0 aliphatic carbocycles. The van der Waals surface area contributed by atoms with E-state index in [0.29, 0.717) is 64.2 Å². The van der Waals surface area contributed by atoms with Crippen molar-refractivity contribution in [3.05, 3.63) is 148 Å². The molecule has 35 nitrogen and oxygen atoms in total. The van der Waals surface area contributed by atoms with Gasteiger partial charge in [-0.2, -0.15) is 0 Å². The number of aliphatic hydroxyl groups excluding tert-OH is 2. The van der Waals surface area contributed by atoms with E-state index < -0.39 is 192 Å². The van der Waals surface area contributed by atoms with Gasteiger partial charge in [0.1, 0.15) is 82.7 Å². The Hall–Kier alpha value is -9.65. The molecule has 3 fully saturated rings. The Bertz CT molecular complexity index is 4750. The number of aromatic amines is 1. The Morgan fingerprint density at radius 2 is 1.49 bits per heavy atom. The number of aliphatic hydroxyl groups is 3. The number of allylic oxidation sites excluding steroid dienone is 3. The molecule has 0 unspecified atom stereocenters. The molecule has 127 heavy (non-hydrogen) atoms. The van der Waals surface area contributed by atoms with Crippen molar-refractivity contribution in [2.45, 2.75) is 214 Å². The number of nitrogens with one attached hydrogen (secondary N) is 10. The van der Waals surface area contributed by atoms with Crippen LogP contribution in [0.15, 0.2) is 121 Å². The number of likely N-dealkylation sites (N-methyl/N-ethyl adjacent to an activating group) is 1. The number of carboxylic acids is 1. The van der Waals surface area contributed by atoms with Crippen LogP contribution in [0.1, 0.15) is 109 Å². The minimum atomic E-state index is -1.93. The summed E-state index contributed by atoms with van der Waals surface area (Å²) in [5, 5.41) is 79.1. The van der Waals surface area contributed by atoms with Gasteiger partial charge in [0.2, 0.25) is 53.2 Å². The number of nitrogens with zero attached hydrogens (tertiary/aromatic N) is 2. The number of rotatable bonds is 31. The molecule has 0 spiro atoms. The summed E-state index contributed by atoms with van der Waals surface area (Å²) < 4.78 is 29.8. The number of carboxylic acid groups (broad SMARTS) is 1. The average Bonchev–Trinajstić information content (AvgIpc) is 1.57. The second-order valence-corrected chi connectivity index (χ2v) is 37.9. The van der Waals surface area contributed by atoms with Crippen LogP contribution in [0.4, 0.5) is 10.5 Å². The predicted molar refractivity (Wildman–Crippen MR) is 483 cm³/mol. The molecular formula is C87H116ClN13O22S4. The number of hydrogen-bond acceptors (Lipinski definition) is 27. The van der Waals surface area contributed by atoms with Crippen molar-refractivity contribution in [1.82, 2.24) is 57.7 Å². The maximum atomic E-state index is 15.3. The summed E-state index contributed by atoms with van der Waals surface area (Å²) in [6, 6.07) is 11.9. The number of anilines is 1. The van der Waals surface area contributed by atoms with E-state index in [2.05, 4.69) is 52.8 Å². The van der Waals surface area contributed by atoms with Gasteiger partial charge in [-0.05, 0) is 139 Å². The number of fused-ring (bicyclic) bond motifs is 6. The van der Waals surface area contributed by atoms with E-state index in [-0.39, 0.29) is 74.6 Å². The van der Waals surface area contributed by atoms with Crippen LogP contribution in [-0.2, 0) is 97.4 Å². The summed E-state index contributed by atoms with van der Waals surface area (Å²) >= 11 is 6.90. The lowest BCUT2D eigenvalue weighted by Crippen LogP contribution is -2.63. The molecule has 0 radical (unpaired) electrons. The molecule has 18 atom stereocenters. The standard InChI is InChI=1S/C87H116ClN13O22S4/c1-47-20-18-26-68(120-10)87(118)43-67(121-85(117)99-87)48(2)75-86(6,123-75)69(42-71(106)101(8)65-39-54(36-47)40-66(119-9)72(65)88)122-84(116)49(3)100(7)70(105)31-35-125-124-34-19-33-90-60(37-52-21-12-11-13-22-52)77(108)95-63-45-126-127-46-64(81(112)98-74(51(5)103)83(114)115)96-82(113)73(50(4)102)97-76(107)59(25-16-17-32-89)92-79(110)62(41-55-44-91-58-24-15-14-23-57(55)58)94-78(109)61(93-80(63)111)38-53-27-29-56(104)30-28-53/h11-15,18,20-24,26-30,39-40,44,48-51,59-64,67-69,73-75,90-91,102-104,118H,16-17,19,25,31-38,41-43,45-46,89H2,1-10H3,(H,92,110)(H,93,111)(H,94,109)(H,95,108)(H,96,113)(H,97,107)(H,98,112)(H,99,117)(H,114,115)/b26-18+,47-20+/t48-,49+,50-,51-,59+,60-,61+,62-,63+,64+,67+,68-,69+,73+,74+,75+,86+,87+/m1/s1. The first-order chi connectivity index (χ1) is 60.4. The number of esters is 1. The SMILES string of the molecule is COc1cc2cc(c1Cl)N(C)C(=O)C[C@H](OC(=O)[C@H](C)N(C)C(=O)CCSSCCCN[C@H](Cc1ccccc1)C(=O)N[C@H]1CSSC[C@@H](C(=O)N[C@H](C(=O)O)[C@@H](C)O)NC(=O)[C@H]([C@@H](C)O)NC(=O)[C@H](CCCCN)NC(=O)[C@@H](Cc3c[nH]c4ccccc34)NC(=O)[C@H](Cc3ccc(O)cc3)NC1=O)[C@]1(C)O[C@H]1[C@H](C)[C@@H]1C[C@@](O)(NC(=O)O1)[C@H](OC)/C=C/C=C(\C)C2. The lowest BCUT2D eigenvalue weighted by molar-refractivity contribution is -0.162. The lowest BCUT2D eigenvalue weighted by atomic mass is 9.83. The minimum Gasteiger partial charge on any atom is -0.508 e. The summed E-state index contributed by atoms with van der Waals surface area (Å²) in [6.45, 7) is 9.55. The number of aromatic hydroxyl groups is 1. The van der Waals surface area contributed by atoms with Gasteiger partial charge in [-0.3, -0.25) is 48.5 Å². The van der Waals surface area contributed by atoms with Crippen LogP contribution in [0.2, 0.25) is 5.02 Å². The first kappa shape index (κ1) is 101. The number of carbonyl (C=O) groups excluding carboxylic acids is 11. The topological polar surface area (TPSA) is 512 Å². The van der Waals surface area contributed by atoms with Gasteiger partial charge in [0, 0.05) is 92.9 Å². The predicted octanol–water partition coefficient (Wildman–Crippen LogP) is 4.31. The van der Waals surface area contributed by atoms with E-state index >= 15 is 19.2 Å². The number of aromatic nitrogens is 1. The van der Waals surface area contributed by atoms with Crippen LogP contribution >= 0.6 is 54.8 Å². The number of halogens is 1. The number of phenols is 1. The van der Waals surface area contributed by atoms with E-state index in [1.54, 1.807) is 86.8 Å². The molecule has 9 rings (SSSR count). The maximum Gasteiger partial charge on any atom is 0.409 e. The monoisotopic (exact) mass is 1860 g/mol. The molecule has 10 amide bonds. The second kappa shape index (κ2) is 47.6. The highest BCUT2D eigenvalue weighted by Crippen LogP contribution is 2.49. The number of unbranched alkanes of at least 4 members (excludes halogenated alkanes) is 1. The smallest absolute Gasteiger partial charge is 0.409 e. The summed E-state index contributed by atoms with van der Waals surface area (Å²) in [4.78, 5) is 178. The summed E-state index contributed by atoms with van der Waals surface area (Å²) in [5.74, 6) is -10.3. The number of hydrogen-bond donors (Lipinski definition) is 16. The van der Waals surface area contributed by atoms with Crippen molar-refractivity contribution in [2.75, 3.05) is 69.3 Å². The molecule has 4 aromatic carbocycles. The molecule has 5 aromatic rings. The Labute approximate surface area is 757 Å². The third-order valence-electron chi connectivity index (χ3n) is 22.6. The molecule has 0 saturated carbocycles. The highest BCUT2D eigenvalue weighted by Gasteiger charge is 2.65. The molecule has 17 N–H and O–H groups in total. The van der Waals surface area contributed by atoms with Crippen molar-refractivity contribution in [2.24, 2.45) is 11.7 Å². The van der Waals surface area contributed by atoms with Crippen LogP contribution in [-0.4, -0.2) is 273 Å². The van der Waals surface area contributed by atoms with E-state index in [1.807, 2.05) is 25.1 Å². The van der Waals surface area contributed by atoms with Gasteiger partial charge in [0.25, 0.3) is 0 Å². The Morgan fingerprint density at radius 3 is 2.17 bits per heavy atom. The number of alkyl carbamates (subject to hydrolysis) is 1. The first-order valence-electron chi connectivity index (χ1n) is 41.8. The van der Waals surface area contributed by atoms with Crippen molar-refractivity contribution >= 4 is 143 Å². The van der Waals surface area contributed by atoms with Gasteiger partial charge in [-0.1, -0.05) is 146 Å². The minimum absolute atomic E-state index is 0.0149. The fourth-order valence-corrected chi connectivity index (χ4v) is 19.7. The molecular weight excluding hydrogens is 1740 g/mol. The van der Waals surface area contributed by atoms with Gasteiger partial charge in [-0.25, -0.2) is 14.4 Å². The third-order valence-corrected chi connectivity index (χ3v) is 27.9. The van der Waals surface area contributed by atoms with Gasteiger partial charge in [0.15, 0.2) is 11.8 Å². The Morgan fingerprint density at radius 1 is 0.819 bits per heavy atom. The zero-order valence-electron chi connectivity index (χ0n) is 72.4. The van der Waals surface area contributed by atoms with Crippen molar-refractivity contribution in [3.8, 4) is 11.5 Å². The average molecular weight is 1860 g/mol. The number of carbonyl (C=O) groups is 12. The highest BCUT2D eigenvalue weighted by atomic mass is 35.5. The largest absolute Gasteiger partial charge is 0.508 e. The molecule has 3 saturated heterocycles. The summed E-state index contributed by atoms with van der Waals surface area (Å²) in [6.07, 6.45) is -0.990. The van der Waals surface area contributed by atoms with Crippen LogP contribution in [0.5, 0.6) is 11.5 Å². The molecule has 40 heteroatoms. The molecule has 1 aromatic heterocycles. The lowest BCUT2D eigenvalue weighted by Gasteiger charge is -2.42. The van der Waals surface area contributed by atoms with Crippen LogP contribution in [0.25, 0.3) is 10.9 Å². The Kier molecular flexibility index (Phi) is 37.9. The van der Waals surface area contributed by atoms with E-state index in [1.165, 1.54) is 97.8 Å². The number of methoxy groups -OCH3 is 2. The number of amides is 10. The fourth-order valence-electron chi connectivity index (χ4n) is 15.0. The van der Waals surface area contributed by atoms with E-state index in [0.717, 1.165) is 45.2 Å². The van der Waals surface area contributed by atoms with Gasteiger partial charge in [-0.15, -0.1) is 0 Å². The maximum absolute atomic E-state index is 15.3. The molecule has 692 valence electrons. The number of para-hydroxylation sites is 1. The quantitative estimate of drug-likeness (QED) is 0.0127. The zero-order valence-corrected chi connectivity index (χ0v) is 76.4. The number of aliphatic carboxylic acids is 1. The molecule has 4 bridgehead atoms. The number of ether oxygens (including phenoxy) is 5. The van der Waals surface area contributed by atoms with Gasteiger partial charge >= 0.3 is 18.0 Å². The normalized spacial score (nSPS) is 26.2. The van der Waals surface area contributed by atoms with Crippen LogP contribution in [0, 0.1) is 5.92 Å². The first-order valence-corrected chi connectivity index (χ1v) is 47.2. The fraction of sp³-hybridized carbons (Fsp3) is 0.517. The number of epoxide rings is 1. The molecule has 4 aliphatic heterocycles. The van der Waals surface area contributed by atoms with Gasteiger partial charge in [0.05, 0.1) is 43.6 Å². The van der Waals surface area contributed by atoms with Crippen LogP contribution in [0.3, 0.4) is 0 Å². The zero-order chi connectivity index (χ0) is 92.6. The van der Waals surface area contributed by atoms with E-state index in [4.69, 9.17) is 41.0 Å². The van der Waals surface area contributed by atoms with Crippen LogP contribution < -0.4 is 63.2 Å².